The van der Waals surface area contributed by atoms with Crippen LogP contribution in [-0.4, -0.2) is 386 Å². The van der Waals surface area contributed by atoms with Crippen LogP contribution in [0.25, 0.3) is 10.9 Å². The lowest BCUT2D eigenvalue weighted by Gasteiger charge is -2.19. The molecule has 15 atom stereocenters. The van der Waals surface area contributed by atoms with Crippen molar-refractivity contribution in [2.24, 2.45) is 114 Å². The number of hydrogen-bond acceptors (Lipinski definition) is 27. The van der Waals surface area contributed by atoms with Crippen LogP contribution in [0.4, 0.5) is 0 Å². The number of carbonyl (C=O) groups is 1. The topological polar surface area (TPSA) is 931 Å². The summed E-state index contributed by atoms with van der Waals surface area (Å²) in [5, 5.41) is 270. The Bertz CT molecular complexity index is 5040. The number of benzene rings is 3. The first-order valence-electron chi connectivity index (χ1n) is 44.4. The molecular formula is C87H135N29O22. The number of nitrogens with zero attached hydrogens (tertiary/aromatic N) is 16. The second-order valence-corrected chi connectivity index (χ2v) is 31.8. The molecule has 0 bridgehead atoms. The van der Waals surface area contributed by atoms with Crippen LogP contribution in [0, 0.1) is 21.6 Å². The molecule has 138 heavy (non-hydrogen) atoms. The SMILES string of the molecule is C[C@H](N=C(O)CN=C(O)[C@@H](N=C(O)[C@H](Cc1ccccc1)N=C(O)CN=C(O)CN=C(O)[C@@H](N)Cc1ccccc1)[C@@H](C)O)C(O)=N[C@@H](CCCNC(=N)N)C(O)=N[C@@H](CCCCN)C(O)=N[C@@H](CO)C(O)=N[C@@H](C)C(O)=N[C@@H](CCCNC(=N)N)C(O)=N[C@@H](CCCCN)C(O)=N[C@@H](CCCCN)C(O)=N[C@@H](Cc1c[nH]c2ccccc12)C(O)=N[C@@H](CC(=N)O)C(O)=N[C@@H](CCC(=N)O)C(=O)O. The molecule has 0 aliphatic rings. The molecule has 4 rings (SSSR count). The molecular weight excluding hydrogens is 1800 g/mol. The zero-order chi connectivity index (χ0) is 103. The minimum Gasteiger partial charge on any atom is -0.497 e. The molecule has 0 saturated carbocycles. The first-order valence-corrected chi connectivity index (χ1v) is 44.4. The Labute approximate surface area is 795 Å². The zero-order valence-electron chi connectivity index (χ0n) is 77.0. The normalized spacial score (nSPS) is 17.3. The Balaban J connectivity index is 1.74. The van der Waals surface area contributed by atoms with Gasteiger partial charge in [0.25, 0.3) is 0 Å². The largest absolute Gasteiger partial charge is 0.497 e. The highest BCUT2D eigenvalue weighted by atomic mass is 16.4. The third-order valence-electron chi connectivity index (χ3n) is 20.4. The third kappa shape index (κ3) is 43.8. The van der Waals surface area contributed by atoms with Crippen molar-refractivity contribution in [3.05, 3.63) is 108 Å². The summed E-state index contributed by atoms with van der Waals surface area (Å²) < 4.78 is 0. The number of aromatic amines is 1. The molecule has 0 saturated heterocycles. The highest BCUT2D eigenvalue weighted by Crippen LogP contribution is 2.24. The van der Waals surface area contributed by atoms with Crippen LogP contribution >= 0.6 is 0 Å². The highest BCUT2D eigenvalue weighted by Gasteiger charge is 2.33. The molecule has 0 amide bonds. The molecule has 51 heteroatoms. The number of aliphatic hydroxyl groups is 20. The van der Waals surface area contributed by atoms with Crippen molar-refractivity contribution in [2.75, 3.05) is 59.0 Å². The van der Waals surface area contributed by atoms with E-state index in [4.69, 9.17) is 56.0 Å². The summed E-state index contributed by atoms with van der Waals surface area (Å²) in [6.07, 6.45) is -0.795. The molecule has 760 valence electrons. The van der Waals surface area contributed by atoms with Gasteiger partial charge in [0.1, 0.15) is 80.1 Å². The maximum atomic E-state index is 12.1. The van der Waals surface area contributed by atoms with Gasteiger partial charge in [-0.15, -0.1) is 0 Å². The van der Waals surface area contributed by atoms with Crippen LogP contribution in [0.3, 0.4) is 0 Å². The molecule has 0 spiro atoms. The van der Waals surface area contributed by atoms with Crippen molar-refractivity contribution < 1.29 is 112 Å². The van der Waals surface area contributed by atoms with Crippen LogP contribution in [0.15, 0.2) is 171 Å². The highest BCUT2D eigenvalue weighted by molar-refractivity contribution is 5.97. The number of hydrogen-bond donors (Lipinski definition) is 34. The number of rotatable bonds is 66. The van der Waals surface area contributed by atoms with Gasteiger partial charge in [0, 0.05) is 49.5 Å². The van der Waals surface area contributed by atoms with Crippen molar-refractivity contribution in [2.45, 2.75) is 233 Å². The molecule has 40 N–H and O–H groups in total. The number of aromatic nitrogens is 1. The summed E-state index contributed by atoms with van der Waals surface area (Å²) in [5.74, 6) is -17.9. The van der Waals surface area contributed by atoms with Crippen molar-refractivity contribution in [1.82, 2.24) is 15.6 Å². The van der Waals surface area contributed by atoms with Gasteiger partial charge in [-0.3, -0.25) is 21.6 Å². The van der Waals surface area contributed by atoms with E-state index in [-0.39, 0.29) is 116 Å². The average Bonchev–Trinajstić information content (AvgIpc) is 1.67. The standard InChI is InChI=1S/C87H135N29O22/c1-47(104-69(122)45-103-84(136)71(49(3)118)116-82(134)62(39-51-22-8-5-9-23-51)106-70(123)44-101-68(121)43-102-74(126)54(91)38-50-20-6-4-7-21-50)72(124)107-59(29-18-36-98-86(94)95)76(128)111-58(28-14-17-35-90)79(131)115-65(46-117)83(135)105-48(2)73(125)108-60(30-19-37-99-87(96)97)77(129)109-56(26-12-15-33-88)75(127)110-57(27-13-16-34-89)78(130)113-63(40-52-42-100-55-25-11-10-24-53(52)55)80(132)114-64(41-67(93)120)81(133)112-61(85(137)138)31-32-66(92)119/h4-11,20-25,42,47-49,54,56-65,71,100,117-118H,12-19,26-41,43-46,88-91H2,1-3H3,(H2,92,119)(H2,93,120)(H,101,121)(H,102,126)(H,103,136)(H,104,122)(H,105,135)(H,106,123)(H,107,124)(H,108,125)(H,109,129)(H,110,127)(H,111,128)(H,112,133)(H,113,130)(H,114,132)(H,115,131)(H,116,134)(H,137,138)(H4,94,95,98)(H4,96,97,99)/t47-,48-,49+,54-,56-,57-,58-,59-,60-,61-,62-,63-,64-,65-,71-/m0/s1. The molecule has 4 aromatic rings. The van der Waals surface area contributed by atoms with E-state index in [1.54, 1.807) is 72.9 Å². The minimum absolute atomic E-state index is 0.00293. The van der Waals surface area contributed by atoms with E-state index >= 15 is 0 Å². The van der Waals surface area contributed by atoms with Gasteiger partial charge in [-0.1, -0.05) is 78.9 Å². The summed E-state index contributed by atoms with van der Waals surface area (Å²) in [6.45, 7) is 1.08. The maximum Gasteiger partial charge on any atom is 0.328 e. The number of fused-ring (bicyclic) bond motifs is 1. The Morgan fingerprint density at radius 3 is 1.22 bits per heavy atom. The lowest BCUT2D eigenvalue weighted by Crippen LogP contribution is -2.34. The van der Waals surface area contributed by atoms with Crippen molar-refractivity contribution in [3.8, 4) is 0 Å². The molecule has 1 heterocycles. The number of nitrogens with one attached hydrogen (secondary N) is 7. The smallest absolute Gasteiger partial charge is 0.328 e. The van der Waals surface area contributed by atoms with E-state index in [0.29, 0.717) is 41.3 Å². The molecule has 0 radical (unpaired) electrons. The van der Waals surface area contributed by atoms with E-state index in [1.165, 1.54) is 20.8 Å². The van der Waals surface area contributed by atoms with E-state index in [2.05, 4.69) is 95.5 Å². The molecule has 0 aliphatic heterocycles. The van der Waals surface area contributed by atoms with Crippen LogP contribution < -0.4 is 45.0 Å². The van der Waals surface area contributed by atoms with Crippen LogP contribution in [0.2, 0.25) is 0 Å². The Kier molecular flexibility index (Phi) is 52.1. The van der Waals surface area contributed by atoms with Crippen molar-refractivity contribution >= 4 is 135 Å². The van der Waals surface area contributed by atoms with Gasteiger partial charge in [0.2, 0.25) is 88.5 Å². The summed E-state index contributed by atoms with van der Waals surface area (Å²) in [6, 6.07) is 2.77. The van der Waals surface area contributed by atoms with Crippen molar-refractivity contribution in [1.29, 1.82) is 21.6 Å². The van der Waals surface area contributed by atoms with Gasteiger partial charge in [-0.2, -0.15) is 0 Å². The van der Waals surface area contributed by atoms with E-state index < -0.39 is 260 Å². The Hall–Kier alpha value is -14.6. The molecule has 0 aliphatic carbocycles. The van der Waals surface area contributed by atoms with Crippen LogP contribution in [0.5, 0.6) is 0 Å². The first kappa shape index (κ1) is 116. The zero-order valence-corrected chi connectivity index (χ0v) is 77.0. The Morgan fingerprint density at radius 2 is 0.754 bits per heavy atom. The van der Waals surface area contributed by atoms with Gasteiger partial charge in [-0.25, -0.2) is 84.7 Å². The number of aliphatic carboxylic acids is 1. The number of aliphatic imine (C=N–C) groups is 16. The van der Waals surface area contributed by atoms with Crippen LogP contribution in [-0.2, 0) is 24.1 Å². The molecule has 51 nitrogen and oxygen atoms in total. The van der Waals surface area contributed by atoms with E-state index in [0.717, 1.165) is 5.56 Å². The van der Waals surface area contributed by atoms with Crippen LogP contribution in [0.1, 0.15) is 140 Å². The van der Waals surface area contributed by atoms with E-state index in [9.17, 15) is 112 Å². The number of nitrogens with two attached hydrogens (primary N) is 6. The van der Waals surface area contributed by atoms with Gasteiger partial charge in [-0.05, 0) is 159 Å². The number of unbranched alkanes of at least 4 members (excludes halogenated alkanes) is 3. The number of guanidine groups is 2. The third-order valence-corrected chi connectivity index (χ3v) is 20.4. The first-order chi connectivity index (χ1) is 65.6. The lowest BCUT2D eigenvalue weighted by molar-refractivity contribution is -0.138. The second kappa shape index (κ2) is 62.2. The molecule has 3 aromatic carbocycles. The van der Waals surface area contributed by atoms with Gasteiger partial charge < -0.3 is 157 Å². The average molecular weight is 1940 g/mol. The van der Waals surface area contributed by atoms with Gasteiger partial charge >= 0.3 is 5.97 Å². The Morgan fingerprint density at radius 1 is 0.377 bits per heavy atom. The number of carboxylic acids is 1. The molecule has 0 unspecified atom stereocenters. The maximum absolute atomic E-state index is 12.1. The van der Waals surface area contributed by atoms with Crippen molar-refractivity contribution in [3.63, 3.8) is 0 Å². The summed E-state index contributed by atoms with van der Waals surface area (Å²) in [4.78, 5) is 81.2. The molecule has 0 fully saturated rings. The minimum atomic E-state index is -1.85. The molecule has 1 aromatic heterocycles. The summed E-state index contributed by atoms with van der Waals surface area (Å²) >= 11 is 0. The van der Waals surface area contributed by atoms with Gasteiger partial charge in [0.05, 0.1) is 25.2 Å². The second-order valence-electron chi connectivity index (χ2n) is 31.8. The number of carboxylic acid groups (broad SMARTS) is 1. The number of para-hydroxylation sites is 1. The fraction of sp³-hybridized carbons (Fsp3) is 0.529. The van der Waals surface area contributed by atoms with E-state index in [1.807, 2.05) is 18.2 Å². The monoisotopic (exact) mass is 1940 g/mol. The predicted octanol–water partition coefficient (Wildman–Crippen LogP) is 5.27. The predicted molar refractivity (Wildman–Crippen MR) is 534 cm³/mol. The number of aliphatic hydroxyl groups excluding tert-OH is 20. The fourth-order valence-corrected chi connectivity index (χ4v) is 13.0. The quantitative estimate of drug-likeness (QED) is 0.0152. The summed E-state index contributed by atoms with van der Waals surface area (Å²) in [5.41, 5.74) is 37.3. The fourth-order valence-electron chi connectivity index (χ4n) is 13.0. The summed E-state index contributed by atoms with van der Waals surface area (Å²) in [7, 11) is 0. The lowest BCUT2D eigenvalue weighted by atomic mass is 10.0. The number of H-pyrrole nitrogens is 1. The van der Waals surface area contributed by atoms with Gasteiger partial charge in [0.15, 0.2) is 47.7 Å².